The largest absolute Gasteiger partial charge is 0.480 e. The van der Waals surface area contributed by atoms with Gasteiger partial charge >= 0.3 is 11.9 Å². The Bertz CT molecular complexity index is 168. The molecule has 0 aromatic carbocycles. The van der Waals surface area contributed by atoms with Crippen LogP contribution in [0.5, 0.6) is 0 Å². The summed E-state index contributed by atoms with van der Waals surface area (Å²) in [6.07, 6.45) is -0.648. The van der Waals surface area contributed by atoms with E-state index in [1.54, 1.807) is 0 Å². The first-order valence-corrected chi connectivity index (χ1v) is 3.90. The summed E-state index contributed by atoms with van der Waals surface area (Å²) < 4.78 is 4.61. The van der Waals surface area contributed by atoms with Crippen LogP contribution in [0.1, 0.15) is 13.8 Å². The van der Waals surface area contributed by atoms with Gasteiger partial charge in [-0.15, -0.1) is 0 Å². The number of aliphatic carboxylic acids is 1. The fourth-order valence-electron chi connectivity index (χ4n) is 0.522. The average Bonchev–Trinajstić information content (AvgIpc) is 1.84. The molecular weight excluding hydrogens is 216 g/mol. The molecule has 64 valence electrons. The Morgan fingerprint density at radius 3 is 2.27 bits per heavy atom. The number of carboxylic acid groups (broad SMARTS) is 1. The van der Waals surface area contributed by atoms with Crippen molar-refractivity contribution in [1.82, 2.24) is 0 Å². The van der Waals surface area contributed by atoms with Crippen molar-refractivity contribution in [3.63, 3.8) is 0 Å². The molecule has 0 saturated carbocycles. The second-order valence-electron chi connectivity index (χ2n) is 2.05. The molecule has 0 aromatic heterocycles. The second-order valence-corrected chi connectivity index (χ2v) is 3.04. The number of hydrogen-bond acceptors (Lipinski definition) is 3. The molecule has 0 fully saturated rings. The molecule has 0 aliphatic heterocycles. The summed E-state index contributed by atoms with van der Waals surface area (Å²) >= 11 is 2.86. The van der Waals surface area contributed by atoms with Crippen molar-refractivity contribution in [2.24, 2.45) is 0 Å². The van der Waals surface area contributed by atoms with Gasteiger partial charge in [0.25, 0.3) is 0 Å². The van der Waals surface area contributed by atoms with Crippen molar-refractivity contribution in [1.29, 1.82) is 0 Å². The molecule has 2 atom stereocenters. The van der Waals surface area contributed by atoms with Gasteiger partial charge in [0.1, 0.15) is 10.9 Å². The molecule has 0 amide bonds. The predicted octanol–water partition coefficient (Wildman–Crippen LogP) is 0.786. The highest BCUT2D eigenvalue weighted by molar-refractivity contribution is 9.10. The van der Waals surface area contributed by atoms with Gasteiger partial charge in [-0.2, -0.15) is 0 Å². The molecule has 0 aromatic rings. The van der Waals surface area contributed by atoms with E-state index in [0.717, 1.165) is 0 Å². The fraction of sp³-hybridized carbons (Fsp3) is 0.667. The summed E-state index contributed by atoms with van der Waals surface area (Å²) in [5.74, 6) is -1.53. The number of hydrogen-bond donors (Lipinski definition) is 1. The summed E-state index contributed by atoms with van der Waals surface area (Å²) in [5, 5.41) is 8.43. The van der Waals surface area contributed by atoms with Gasteiger partial charge in [-0.05, 0) is 6.92 Å². The van der Waals surface area contributed by atoms with Crippen molar-refractivity contribution in [3.05, 3.63) is 0 Å². The lowest BCUT2D eigenvalue weighted by atomic mass is 10.3. The van der Waals surface area contributed by atoms with Crippen molar-refractivity contribution in [2.75, 3.05) is 0 Å². The Morgan fingerprint density at radius 2 is 2.00 bits per heavy atom. The van der Waals surface area contributed by atoms with E-state index in [4.69, 9.17) is 5.11 Å². The van der Waals surface area contributed by atoms with Gasteiger partial charge < -0.3 is 9.84 Å². The van der Waals surface area contributed by atoms with Crippen molar-refractivity contribution < 1.29 is 19.4 Å². The van der Waals surface area contributed by atoms with Gasteiger partial charge in [0.15, 0.2) is 0 Å². The van der Waals surface area contributed by atoms with Crippen LogP contribution in [-0.2, 0) is 14.3 Å². The molecule has 0 aliphatic rings. The van der Waals surface area contributed by atoms with Crippen LogP contribution in [0, 0.1) is 0 Å². The van der Waals surface area contributed by atoms with E-state index in [9.17, 15) is 9.59 Å². The molecule has 0 radical (unpaired) electrons. The van der Waals surface area contributed by atoms with E-state index in [1.165, 1.54) is 13.8 Å². The summed E-state index contributed by atoms with van der Waals surface area (Å²) in [6, 6.07) is 0. The first kappa shape index (κ1) is 10.4. The zero-order valence-electron chi connectivity index (χ0n) is 6.20. The highest BCUT2D eigenvalue weighted by atomic mass is 79.9. The minimum atomic E-state index is -1.04. The molecule has 4 nitrogen and oxygen atoms in total. The van der Waals surface area contributed by atoms with Gasteiger partial charge in [-0.1, -0.05) is 15.9 Å². The van der Waals surface area contributed by atoms with Gasteiger partial charge in [-0.25, -0.2) is 0 Å². The van der Waals surface area contributed by atoms with Crippen molar-refractivity contribution in [2.45, 2.75) is 24.8 Å². The zero-order valence-corrected chi connectivity index (χ0v) is 7.79. The fourth-order valence-corrected chi connectivity index (χ4v) is 0.630. The average molecular weight is 225 g/mol. The summed E-state index contributed by atoms with van der Waals surface area (Å²) in [7, 11) is 0. The number of carbonyl (C=O) groups is 2. The number of carboxylic acids is 1. The number of rotatable bonds is 3. The molecule has 5 heteroatoms. The normalized spacial score (nSPS) is 15.2. The molecule has 0 bridgehead atoms. The van der Waals surface area contributed by atoms with Gasteiger partial charge in [0.05, 0.1) is 0 Å². The van der Waals surface area contributed by atoms with Crippen LogP contribution in [-0.4, -0.2) is 28.0 Å². The van der Waals surface area contributed by atoms with E-state index in [1.807, 2.05) is 0 Å². The number of esters is 1. The molecule has 11 heavy (non-hydrogen) atoms. The maximum absolute atomic E-state index is 10.3. The Labute approximate surface area is 72.7 Å². The highest BCUT2D eigenvalue weighted by Gasteiger charge is 2.23. The smallest absolute Gasteiger partial charge is 0.321 e. The molecule has 0 unspecified atom stereocenters. The molecule has 0 rings (SSSR count). The Kier molecular flexibility index (Phi) is 4.10. The Morgan fingerprint density at radius 1 is 1.55 bits per heavy atom. The standard InChI is InChI=1S/C6H9BrO4/c1-3(11-4(2)8)5(7)6(9)10/h3,5H,1-2H3,(H,9,10)/t3-,5-/m1/s1. The van der Waals surface area contributed by atoms with E-state index >= 15 is 0 Å². The lowest BCUT2D eigenvalue weighted by Gasteiger charge is -2.13. The van der Waals surface area contributed by atoms with Crippen LogP contribution >= 0.6 is 15.9 Å². The minimum absolute atomic E-state index is 0.483. The SMILES string of the molecule is CC(=O)O[C@H](C)[C@@H](Br)C(=O)O. The number of carbonyl (C=O) groups excluding carboxylic acids is 1. The first-order valence-electron chi connectivity index (χ1n) is 2.99. The Balaban J connectivity index is 3.92. The maximum Gasteiger partial charge on any atom is 0.321 e. The summed E-state index contributed by atoms with van der Waals surface area (Å²) in [5.41, 5.74) is 0. The monoisotopic (exact) mass is 224 g/mol. The summed E-state index contributed by atoms with van der Waals surface area (Å²) in [4.78, 5) is 19.8. The number of alkyl halides is 1. The van der Waals surface area contributed by atoms with E-state index in [0.29, 0.717) is 0 Å². The van der Waals surface area contributed by atoms with Crippen LogP contribution in [0.4, 0.5) is 0 Å². The summed E-state index contributed by atoms with van der Waals surface area (Å²) in [6.45, 7) is 2.74. The molecule has 0 aliphatic carbocycles. The maximum atomic E-state index is 10.3. The lowest BCUT2D eigenvalue weighted by molar-refractivity contribution is -0.148. The number of ether oxygens (including phenoxy) is 1. The lowest BCUT2D eigenvalue weighted by Crippen LogP contribution is -2.29. The zero-order chi connectivity index (χ0) is 9.02. The highest BCUT2D eigenvalue weighted by Crippen LogP contribution is 2.09. The third-order valence-corrected chi connectivity index (χ3v) is 2.14. The van der Waals surface area contributed by atoms with Crippen molar-refractivity contribution >= 4 is 27.9 Å². The van der Waals surface area contributed by atoms with Gasteiger partial charge in [0.2, 0.25) is 0 Å². The van der Waals surface area contributed by atoms with Crippen LogP contribution in [0.25, 0.3) is 0 Å². The Hall–Kier alpha value is -0.580. The van der Waals surface area contributed by atoms with Gasteiger partial charge in [0, 0.05) is 6.92 Å². The second kappa shape index (κ2) is 4.33. The molecule has 1 N–H and O–H groups in total. The minimum Gasteiger partial charge on any atom is -0.480 e. The van der Waals surface area contributed by atoms with Crippen LogP contribution in [0.15, 0.2) is 0 Å². The van der Waals surface area contributed by atoms with Gasteiger partial charge in [-0.3, -0.25) is 9.59 Å². The quantitative estimate of drug-likeness (QED) is 0.569. The van der Waals surface area contributed by atoms with E-state index < -0.39 is 22.9 Å². The first-order chi connectivity index (χ1) is 4.95. The molecular formula is C6H9BrO4. The van der Waals surface area contributed by atoms with E-state index in [2.05, 4.69) is 20.7 Å². The topological polar surface area (TPSA) is 63.6 Å². The third-order valence-electron chi connectivity index (χ3n) is 1.000. The number of halogens is 1. The van der Waals surface area contributed by atoms with Crippen LogP contribution in [0.3, 0.4) is 0 Å². The van der Waals surface area contributed by atoms with Crippen LogP contribution in [0.2, 0.25) is 0 Å². The van der Waals surface area contributed by atoms with E-state index in [-0.39, 0.29) is 0 Å². The molecule has 0 spiro atoms. The van der Waals surface area contributed by atoms with Crippen LogP contribution < -0.4 is 0 Å². The van der Waals surface area contributed by atoms with Crippen molar-refractivity contribution in [3.8, 4) is 0 Å². The molecule has 0 heterocycles. The molecule has 0 saturated heterocycles. The predicted molar refractivity (Wildman–Crippen MR) is 41.6 cm³/mol. The third kappa shape index (κ3) is 3.98.